The third-order valence-corrected chi connectivity index (χ3v) is 5.95. The van der Waals surface area contributed by atoms with Crippen LogP contribution >= 0.6 is 30.3 Å². The number of hydrogen-bond donors (Lipinski definition) is 0. The molecule has 5 nitrogen and oxygen atoms in total. The van der Waals surface area contributed by atoms with E-state index in [-0.39, 0.29) is 6.04 Å². The molecular weight excluding hydrogens is 484 g/mol. The van der Waals surface area contributed by atoms with Gasteiger partial charge in [0.05, 0.1) is 28.9 Å². The van der Waals surface area contributed by atoms with E-state index in [1.165, 1.54) is 25.7 Å². The average molecular weight is 509 g/mol. The summed E-state index contributed by atoms with van der Waals surface area (Å²) in [6.07, 6.45) is 11.4. The molecule has 3 aliphatic rings. The van der Waals surface area contributed by atoms with Gasteiger partial charge in [0, 0.05) is 14.1 Å². The quantitative estimate of drug-likeness (QED) is 0.456. The first-order chi connectivity index (χ1) is 14.5. The summed E-state index contributed by atoms with van der Waals surface area (Å²) in [5.41, 5.74) is 3.15. The fourth-order valence-electron chi connectivity index (χ4n) is 4.54. The van der Waals surface area contributed by atoms with Gasteiger partial charge in [-0.3, -0.25) is 4.99 Å². The zero-order chi connectivity index (χ0) is 21.3. The van der Waals surface area contributed by atoms with Gasteiger partial charge in [0.15, 0.2) is 0 Å². The number of hydrogen-bond acceptors (Lipinski definition) is 3. The second-order valence-electron chi connectivity index (χ2n) is 7.66. The first-order valence-corrected chi connectivity index (χ1v) is 14.5. The van der Waals surface area contributed by atoms with Crippen LogP contribution in [0.4, 0.5) is 0 Å². The molecule has 3 unspecified atom stereocenters. The van der Waals surface area contributed by atoms with E-state index in [0.717, 1.165) is 28.4 Å². The summed E-state index contributed by atoms with van der Waals surface area (Å²) in [6.45, 7) is 0. The Bertz CT molecular complexity index is 997. The Labute approximate surface area is 194 Å². The third-order valence-electron chi connectivity index (χ3n) is 5.95. The van der Waals surface area contributed by atoms with Crippen LogP contribution in [0.2, 0.25) is 0 Å². The molecule has 3 heterocycles. The van der Waals surface area contributed by atoms with Gasteiger partial charge in [0.25, 0.3) is 0 Å². The van der Waals surface area contributed by atoms with Crippen molar-refractivity contribution in [3.63, 3.8) is 0 Å². The van der Waals surface area contributed by atoms with Crippen molar-refractivity contribution >= 4 is 47.2 Å². The van der Waals surface area contributed by atoms with Crippen molar-refractivity contribution in [1.82, 2.24) is 14.5 Å². The van der Waals surface area contributed by atoms with Gasteiger partial charge in [-0.1, -0.05) is 48.9 Å². The molecule has 1 fully saturated rings. The molecule has 0 radical (unpaired) electrons. The topological polar surface area (TPSA) is 47.5 Å². The van der Waals surface area contributed by atoms with Crippen LogP contribution in [0.15, 0.2) is 53.2 Å². The molecule has 163 valence electrons. The molecule has 5 rings (SSSR count). The fraction of sp³-hybridized carbons (Fsp3) is 0.429. The summed E-state index contributed by atoms with van der Waals surface area (Å²) in [5.74, 6) is 2.03. The summed E-state index contributed by atoms with van der Waals surface area (Å²) in [5, 5.41) is 5.02. The number of nitrogens with zero attached hydrogens (tertiary/aromatic N) is 5. The normalized spacial score (nSPS) is 25.7. The van der Waals surface area contributed by atoms with E-state index in [2.05, 4.69) is 60.0 Å². The number of halogens is 3. The maximum absolute atomic E-state index is 5.03. The molecule has 2 aromatic rings. The molecule has 0 N–H and O–H groups in total. The van der Waals surface area contributed by atoms with Gasteiger partial charge in [0.1, 0.15) is 5.84 Å². The van der Waals surface area contributed by atoms with E-state index < -0.39 is 11.2 Å². The van der Waals surface area contributed by atoms with E-state index in [9.17, 15) is 0 Å². The minimum atomic E-state index is -1.33. The predicted molar refractivity (Wildman–Crippen MR) is 123 cm³/mol. The molecular formula is C21H24Cl3FeN5-. The minimum absolute atomic E-state index is 0.0638. The zero-order valence-corrected chi connectivity index (χ0v) is 20.2. The number of imidazole rings is 1. The second-order valence-corrected chi connectivity index (χ2v) is 13.1. The van der Waals surface area contributed by atoms with Gasteiger partial charge < -0.3 is 14.8 Å². The molecule has 1 aliphatic carbocycles. The van der Waals surface area contributed by atoms with Gasteiger partial charge >= 0.3 is 41.5 Å². The van der Waals surface area contributed by atoms with E-state index in [1.807, 2.05) is 6.07 Å². The van der Waals surface area contributed by atoms with Crippen LogP contribution in [-0.4, -0.2) is 39.4 Å². The van der Waals surface area contributed by atoms with Crippen molar-refractivity contribution in [3.05, 3.63) is 59.3 Å². The molecule has 1 aromatic heterocycles. The standard InChI is InChI=1S/C21H24N5.3ClH.Fe/c1-25-18-12-5-3-8-14(18)23-20(25)16-10-7-11-17(22-16)21-24-15-9-4-6-13-19(15)26(21)2;;;;/h3,5,7-8,10-12,15-16,19H,4,6,9,13H2,1-2H3;3*1H;/q-1;;;;+3/p-3. The van der Waals surface area contributed by atoms with Crippen LogP contribution in [0.3, 0.4) is 0 Å². The number of likely N-dealkylation sites (N-methyl/N-ethyl adjacent to an activating group) is 1. The van der Waals surface area contributed by atoms with Crippen LogP contribution in [-0.2, 0) is 18.2 Å². The van der Waals surface area contributed by atoms with Gasteiger partial charge in [-0.2, -0.15) is 0 Å². The molecule has 0 bridgehead atoms. The van der Waals surface area contributed by atoms with Crippen molar-refractivity contribution in [3.8, 4) is 0 Å². The Morgan fingerprint density at radius 2 is 1.83 bits per heavy atom. The molecule has 30 heavy (non-hydrogen) atoms. The number of aryl methyl sites for hydroxylation is 1. The second kappa shape index (κ2) is 9.54. The van der Waals surface area contributed by atoms with Crippen LogP contribution in [0.5, 0.6) is 0 Å². The van der Waals surface area contributed by atoms with Crippen LogP contribution in [0.25, 0.3) is 16.4 Å². The van der Waals surface area contributed by atoms with Gasteiger partial charge in [0.2, 0.25) is 0 Å². The molecule has 0 amide bonds. The third kappa shape index (κ3) is 4.53. The van der Waals surface area contributed by atoms with E-state index in [1.54, 1.807) is 0 Å². The summed E-state index contributed by atoms with van der Waals surface area (Å²) in [6, 6.07) is 9.18. The number of benzene rings is 1. The molecule has 9 heteroatoms. The van der Waals surface area contributed by atoms with Crippen LogP contribution in [0, 0.1) is 0 Å². The van der Waals surface area contributed by atoms with Crippen molar-refractivity contribution in [2.75, 3.05) is 7.05 Å². The number of fused-ring (bicyclic) bond motifs is 2. The maximum atomic E-state index is 5.03. The van der Waals surface area contributed by atoms with Gasteiger partial charge in [-0.15, -0.1) is 0 Å². The first-order valence-electron chi connectivity index (χ1n) is 9.94. The van der Waals surface area contributed by atoms with Crippen LogP contribution < -0.4 is 0 Å². The number of amidine groups is 1. The zero-order valence-electron chi connectivity index (χ0n) is 16.8. The number of allylic oxidation sites excluding steroid dienone is 2. The average Bonchev–Trinajstić information content (AvgIpc) is 3.26. The fourth-order valence-corrected chi connectivity index (χ4v) is 4.54. The SMILES string of the molecule is CN1C(C2=CC=CC(c3nc4ccccc4n3C)[N-]2)=NC2CCCCC21.[Cl][Fe]([Cl])[Cl]. The molecule has 1 aromatic carbocycles. The first kappa shape index (κ1) is 22.0. The van der Waals surface area contributed by atoms with E-state index in [4.69, 9.17) is 45.6 Å². The Morgan fingerprint density at radius 3 is 2.57 bits per heavy atom. The molecule has 3 atom stereocenters. The number of aliphatic imine (C=N–C) groups is 1. The molecule has 2 aliphatic heterocycles. The Morgan fingerprint density at radius 1 is 1.10 bits per heavy atom. The number of rotatable bonds is 2. The van der Waals surface area contributed by atoms with Gasteiger partial charge in [-0.05, 0) is 31.0 Å². The number of para-hydroxylation sites is 2. The summed E-state index contributed by atoms with van der Waals surface area (Å²) >= 11 is -1.33. The van der Waals surface area contributed by atoms with E-state index in [0.29, 0.717) is 12.1 Å². The summed E-state index contributed by atoms with van der Waals surface area (Å²) < 4.78 is 2.15. The van der Waals surface area contributed by atoms with Crippen LogP contribution in [0.1, 0.15) is 37.5 Å². The number of aromatic nitrogens is 2. The van der Waals surface area contributed by atoms with Crippen molar-refractivity contribution in [1.29, 1.82) is 0 Å². The predicted octanol–water partition coefficient (Wildman–Crippen LogP) is 6.16. The Kier molecular flexibility index (Phi) is 7.01. The van der Waals surface area contributed by atoms with Crippen molar-refractivity contribution in [2.24, 2.45) is 12.0 Å². The monoisotopic (exact) mass is 507 g/mol. The van der Waals surface area contributed by atoms with Crippen molar-refractivity contribution < 1.29 is 11.2 Å². The van der Waals surface area contributed by atoms with E-state index >= 15 is 0 Å². The summed E-state index contributed by atoms with van der Waals surface area (Å²) in [7, 11) is 18.9. The molecule has 0 spiro atoms. The Hall–Kier alpha value is -1.17. The van der Waals surface area contributed by atoms with Gasteiger partial charge in [-0.25, -0.2) is 4.98 Å². The molecule has 1 saturated carbocycles. The Balaban J connectivity index is 0.000000503. The summed E-state index contributed by atoms with van der Waals surface area (Å²) in [4.78, 5) is 12.2. The molecule has 0 saturated heterocycles. The van der Waals surface area contributed by atoms with Crippen molar-refractivity contribution in [2.45, 2.75) is 43.8 Å².